The van der Waals surface area contributed by atoms with Gasteiger partial charge in [0.15, 0.2) is 11.5 Å². The van der Waals surface area contributed by atoms with Gasteiger partial charge in [0.25, 0.3) is 0 Å². The Labute approximate surface area is 81.2 Å². The minimum Gasteiger partial charge on any atom is -0.396 e. The Kier molecular flexibility index (Phi) is 2.43. The molecule has 2 rings (SSSR count). The molecule has 0 aliphatic heterocycles. The van der Waals surface area contributed by atoms with Crippen LogP contribution in [0.3, 0.4) is 0 Å². The zero-order valence-corrected chi connectivity index (χ0v) is 7.72. The zero-order chi connectivity index (χ0) is 9.97. The molecule has 0 radical (unpaired) electrons. The molecular formula is C9H12N4O. The molecule has 74 valence electrons. The molecule has 0 aliphatic rings. The molecular weight excluding hydrogens is 180 g/mol. The number of fused-ring (bicyclic) bond motifs is 1. The largest absolute Gasteiger partial charge is 0.396 e. The van der Waals surface area contributed by atoms with Gasteiger partial charge in [0, 0.05) is 19.2 Å². The predicted octanol–water partition coefficient (Wildman–Crippen LogP) is -0.277. The summed E-state index contributed by atoms with van der Waals surface area (Å²) in [5, 5.41) is 12.9. The molecule has 0 aromatic carbocycles. The van der Waals surface area contributed by atoms with Crippen LogP contribution < -0.4 is 5.73 Å². The molecule has 0 saturated heterocycles. The van der Waals surface area contributed by atoms with Crippen molar-refractivity contribution in [2.75, 3.05) is 6.61 Å². The van der Waals surface area contributed by atoms with E-state index in [1.54, 1.807) is 4.52 Å². The Morgan fingerprint density at radius 1 is 1.43 bits per heavy atom. The molecule has 0 unspecified atom stereocenters. The van der Waals surface area contributed by atoms with Gasteiger partial charge in [0.05, 0.1) is 6.61 Å². The van der Waals surface area contributed by atoms with Crippen molar-refractivity contribution in [2.24, 2.45) is 5.73 Å². The summed E-state index contributed by atoms with van der Waals surface area (Å²) in [6.07, 6.45) is 2.34. The van der Waals surface area contributed by atoms with Gasteiger partial charge in [-0.05, 0) is 11.6 Å². The summed E-state index contributed by atoms with van der Waals surface area (Å²) in [4.78, 5) is 4.23. The smallest absolute Gasteiger partial charge is 0.155 e. The van der Waals surface area contributed by atoms with E-state index < -0.39 is 0 Å². The second-order valence-corrected chi connectivity index (χ2v) is 3.05. The summed E-state index contributed by atoms with van der Waals surface area (Å²) in [6.45, 7) is 0.561. The molecule has 2 aromatic heterocycles. The fourth-order valence-corrected chi connectivity index (χ4v) is 1.30. The third-order valence-electron chi connectivity index (χ3n) is 2.01. The molecule has 0 fully saturated rings. The molecule has 14 heavy (non-hydrogen) atoms. The number of aromatic nitrogens is 3. The topological polar surface area (TPSA) is 76.4 Å². The number of rotatable bonds is 3. The highest BCUT2D eigenvalue weighted by Crippen LogP contribution is 2.04. The number of hydrogen-bond acceptors (Lipinski definition) is 4. The van der Waals surface area contributed by atoms with Crippen molar-refractivity contribution in [2.45, 2.75) is 13.0 Å². The van der Waals surface area contributed by atoms with Crippen LogP contribution in [0.25, 0.3) is 5.65 Å². The van der Waals surface area contributed by atoms with Gasteiger partial charge in [-0.25, -0.2) is 9.50 Å². The van der Waals surface area contributed by atoms with Gasteiger partial charge in [0.2, 0.25) is 0 Å². The first-order valence-corrected chi connectivity index (χ1v) is 4.48. The van der Waals surface area contributed by atoms with Crippen LogP contribution in [0.1, 0.15) is 11.4 Å². The molecule has 0 aliphatic carbocycles. The second kappa shape index (κ2) is 3.73. The molecule has 3 N–H and O–H groups in total. The standard InChI is InChI=1S/C9H12N4O/c10-5-7-1-2-9-11-8(3-4-14)12-13(9)6-7/h1-2,6,14H,3-5,10H2. The number of nitrogens with two attached hydrogens (primary N) is 1. The fraction of sp³-hybridized carbons (Fsp3) is 0.333. The average molecular weight is 192 g/mol. The van der Waals surface area contributed by atoms with Crippen molar-refractivity contribution >= 4 is 5.65 Å². The van der Waals surface area contributed by atoms with E-state index >= 15 is 0 Å². The molecule has 2 heterocycles. The summed E-state index contributed by atoms with van der Waals surface area (Å²) in [7, 11) is 0. The SMILES string of the molecule is NCc1ccc2nc(CCO)nn2c1. The van der Waals surface area contributed by atoms with Gasteiger partial charge in [-0.3, -0.25) is 0 Å². The van der Waals surface area contributed by atoms with Crippen molar-refractivity contribution in [1.82, 2.24) is 14.6 Å². The first-order chi connectivity index (χ1) is 6.83. The number of pyridine rings is 1. The lowest BCUT2D eigenvalue weighted by molar-refractivity contribution is 0.296. The van der Waals surface area contributed by atoms with E-state index in [4.69, 9.17) is 10.8 Å². The van der Waals surface area contributed by atoms with Crippen LogP contribution >= 0.6 is 0 Å². The number of aliphatic hydroxyl groups is 1. The first-order valence-electron chi connectivity index (χ1n) is 4.48. The van der Waals surface area contributed by atoms with Gasteiger partial charge < -0.3 is 10.8 Å². The Morgan fingerprint density at radius 2 is 2.29 bits per heavy atom. The second-order valence-electron chi connectivity index (χ2n) is 3.05. The van der Waals surface area contributed by atoms with Gasteiger partial charge in [0.1, 0.15) is 0 Å². The Morgan fingerprint density at radius 3 is 3.00 bits per heavy atom. The summed E-state index contributed by atoms with van der Waals surface area (Å²) < 4.78 is 1.69. The van der Waals surface area contributed by atoms with Crippen LogP contribution in [0, 0.1) is 0 Å². The number of aliphatic hydroxyl groups excluding tert-OH is 1. The highest BCUT2D eigenvalue weighted by atomic mass is 16.3. The molecule has 0 amide bonds. The van der Waals surface area contributed by atoms with E-state index in [9.17, 15) is 0 Å². The molecule has 5 nitrogen and oxygen atoms in total. The van der Waals surface area contributed by atoms with Crippen LogP contribution in [-0.4, -0.2) is 26.3 Å². The lowest BCUT2D eigenvalue weighted by atomic mass is 10.3. The summed E-state index contributed by atoms with van der Waals surface area (Å²) in [5.41, 5.74) is 7.30. The van der Waals surface area contributed by atoms with Crippen LogP contribution in [0.4, 0.5) is 0 Å². The lowest BCUT2D eigenvalue weighted by Gasteiger charge is -1.95. The summed E-state index contributed by atoms with van der Waals surface area (Å²) in [6, 6.07) is 3.79. The third kappa shape index (κ3) is 1.59. The highest BCUT2D eigenvalue weighted by molar-refractivity contribution is 5.38. The first kappa shape index (κ1) is 9.11. The van der Waals surface area contributed by atoms with Gasteiger partial charge in [-0.2, -0.15) is 5.10 Å². The predicted molar refractivity (Wildman–Crippen MR) is 51.7 cm³/mol. The van der Waals surface area contributed by atoms with Crippen LogP contribution in [-0.2, 0) is 13.0 Å². The summed E-state index contributed by atoms with van der Waals surface area (Å²) >= 11 is 0. The summed E-state index contributed by atoms with van der Waals surface area (Å²) in [5.74, 6) is 0.654. The van der Waals surface area contributed by atoms with E-state index in [2.05, 4.69) is 10.1 Å². The van der Waals surface area contributed by atoms with Crippen LogP contribution in [0.15, 0.2) is 18.3 Å². The third-order valence-corrected chi connectivity index (χ3v) is 2.01. The van der Waals surface area contributed by atoms with Crippen molar-refractivity contribution in [3.05, 3.63) is 29.7 Å². The number of hydrogen-bond donors (Lipinski definition) is 2. The Bertz CT molecular complexity index is 437. The zero-order valence-electron chi connectivity index (χ0n) is 7.72. The molecule has 0 atom stereocenters. The quantitative estimate of drug-likeness (QED) is 0.701. The lowest BCUT2D eigenvalue weighted by Crippen LogP contribution is -1.99. The molecule has 0 saturated carbocycles. The van der Waals surface area contributed by atoms with Crippen LogP contribution in [0.2, 0.25) is 0 Å². The van der Waals surface area contributed by atoms with Crippen molar-refractivity contribution in [3.8, 4) is 0 Å². The van der Waals surface area contributed by atoms with E-state index in [0.717, 1.165) is 11.2 Å². The fourth-order valence-electron chi connectivity index (χ4n) is 1.30. The average Bonchev–Trinajstić information content (AvgIpc) is 2.59. The van der Waals surface area contributed by atoms with Crippen molar-refractivity contribution < 1.29 is 5.11 Å². The monoisotopic (exact) mass is 192 g/mol. The maximum Gasteiger partial charge on any atom is 0.155 e. The van der Waals surface area contributed by atoms with Gasteiger partial charge >= 0.3 is 0 Å². The van der Waals surface area contributed by atoms with Gasteiger partial charge in [-0.15, -0.1) is 0 Å². The van der Waals surface area contributed by atoms with Gasteiger partial charge in [-0.1, -0.05) is 6.07 Å². The van der Waals surface area contributed by atoms with Crippen molar-refractivity contribution in [1.29, 1.82) is 0 Å². The van der Waals surface area contributed by atoms with E-state index in [1.807, 2.05) is 18.3 Å². The highest BCUT2D eigenvalue weighted by Gasteiger charge is 2.02. The maximum absolute atomic E-state index is 8.74. The van der Waals surface area contributed by atoms with Crippen LogP contribution in [0.5, 0.6) is 0 Å². The molecule has 0 spiro atoms. The Balaban J connectivity index is 2.43. The van der Waals surface area contributed by atoms with E-state index in [-0.39, 0.29) is 6.61 Å². The Hall–Kier alpha value is -1.46. The minimum atomic E-state index is 0.0701. The van der Waals surface area contributed by atoms with E-state index in [1.165, 1.54) is 0 Å². The van der Waals surface area contributed by atoms with E-state index in [0.29, 0.717) is 18.8 Å². The number of nitrogens with zero attached hydrogens (tertiary/aromatic N) is 3. The molecule has 0 bridgehead atoms. The normalized spacial score (nSPS) is 11.0. The maximum atomic E-state index is 8.74. The van der Waals surface area contributed by atoms with Crippen molar-refractivity contribution in [3.63, 3.8) is 0 Å². The molecule has 2 aromatic rings. The molecule has 5 heteroatoms. The minimum absolute atomic E-state index is 0.0701.